The largest absolute Gasteiger partial charge is 0.369 e. The Bertz CT molecular complexity index is 380. The van der Waals surface area contributed by atoms with Gasteiger partial charge in [0, 0.05) is 36.6 Å². The summed E-state index contributed by atoms with van der Waals surface area (Å²) in [5.74, 6) is 0. The minimum atomic E-state index is 0.124. The van der Waals surface area contributed by atoms with Crippen molar-refractivity contribution < 1.29 is 0 Å². The predicted molar refractivity (Wildman–Crippen MR) is 83.6 cm³/mol. The summed E-state index contributed by atoms with van der Waals surface area (Å²) in [6, 6.07) is 4.83. The van der Waals surface area contributed by atoms with Gasteiger partial charge in [-0.05, 0) is 53.2 Å². The molecule has 108 valence electrons. The van der Waals surface area contributed by atoms with Crippen molar-refractivity contribution in [1.82, 2.24) is 10.3 Å². The average Bonchev–Trinajstić information content (AvgIpc) is 2.32. The smallest absolute Gasteiger partial charge is 0.0562 e. The van der Waals surface area contributed by atoms with E-state index < -0.39 is 0 Å². The van der Waals surface area contributed by atoms with Gasteiger partial charge in [-0.2, -0.15) is 0 Å². The van der Waals surface area contributed by atoms with Crippen LogP contribution in [0, 0.1) is 0 Å². The topological polar surface area (TPSA) is 28.2 Å². The first-order valence-corrected chi connectivity index (χ1v) is 7.30. The van der Waals surface area contributed by atoms with Crippen molar-refractivity contribution in [1.29, 1.82) is 0 Å². The van der Waals surface area contributed by atoms with Crippen molar-refractivity contribution in [3.8, 4) is 0 Å². The van der Waals surface area contributed by atoms with E-state index in [1.165, 1.54) is 5.69 Å². The Balaban J connectivity index is 2.80. The molecule has 0 bridgehead atoms. The summed E-state index contributed by atoms with van der Waals surface area (Å²) in [6.45, 7) is 15.1. The minimum absolute atomic E-state index is 0.124. The summed E-state index contributed by atoms with van der Waals surface area (Å²) >= 11 is 0. The first kappa shape index (κ1) is 16.0. The van der Waals surface area contributed by atoms with Crippen LogP contribution in [-0.4, -0.2) is 23.1 Å². The molecule has 0 atom stereocenters. The van der Waals surface area contributed by atoms with Crippen LogP contribution in [-0.2, 0) is 6.54 Å². The fraction of sp³-hybridized carbons (Fsp3) is 0.688. The summed E-state index contributed by atoms with van der Waals surface area (Å²) in [7, 11) is 0. The SMILES string of the molecule is CCCN(c1ccnc(CNC(C)(C)C)c1)C(C)C. The molecule has 0 aliphatic heterocycles. The molecule has 3 nitrogen and oxygen atoms in total. The van der Waals surface area contributed by atoms with Gasteiger partial charge in [0.1, 0.15) is 0 Å². The first-order valence-electron chi connectivity index (χ1n) is 7.30. The van der Waals surface area contributed by atoms with Crippen LogP contribution in [0.1, 0.15) is 53.7 Å². The molecule has 0 unspecified atom stereocenters. The zero-order valence-corrected chi connectivity index (χ0v) is 13.3. The normalized spacial score (nSPS) is 11.9. The quantitative estimate of drug-likeness (QED) is 0.850. The number of pyridine rings is 1. The van der Waals surface area contributed by atoms with Gasteiger partial charge in [0.05, 0.1) is 5.69 Å². The van der Waals surface area contributed by atoms with E-state index in [0.29, 0.717) is 6.04 Å². The fourth-order valence-electron chi connectivity index (χ4n) is 2.02. The van der Waals surface area contributed by atoms with Crippen molar-refractivity contribution in [3.05, 3.63) is 24.0 Å². The Morgan fingerprint density at radius 3 is 2.53 bits per heavy atom. The van der Waals surface area contributed by atoms with Gasteiger partial charge in [-0.25, -0.2) is 0 Å². The number of aromatic nitrogens is 1. The van der Waals surface area contributed by atoms with Crippen molar-refractivity contribution in [2.45, 2.75) is 66.1 Å². The van der Waals surface area contributed by atoms with Crippen LogP contribution in [0.3, 0.4) is 0 Å². The molecule has 19 heavy (non-hydrogen) atoms. The highest BCUT2D eigenvalue weighted by Crippen LogP contribution is 2.18. The van der Waals surface area contributed by atoms with Gasteiger partial charge in [-0.1, -0.05) is 6.92 Å². The number of hydrogen-bond donors (Lipinski definition) is 1. The van der Waals surface area contributed by atoms with E-state index in [1.54, 1.807) is 0 Å². The molecule has 0 spiro atoms. The van der Waals surface area contributed by atoms with Gasteiger partial charge in [-0.15, -0.1) is 0 Å². The lowest BCUT2D eigenvalue weighted by Crippen LogP contribution is -2.35. The Kier molecular flexibility index (Phi) is 5.80. The molecule has 1 aromatic rings. The van der Waals surface area contributed by atoms with Gasteiger partial charge in [0.2, 0.25) is 0 Å². The molecule has 0 saturated carbocycles. The summed E-state index contributed by atoms with van der Waals surface area (Å²) in [5, 5.41) is 3.48. The van der Waals surface area contributed by atoms with E-state index in [9.17, 15) is 0 Å². The van der Waals surface area contributed by atoms with Crippen molar-refractivity contribution >= 4 is 5.69 Å². The van der Waals surface area contributed by atoms with Crippen molar-refractivity contribution in [2.75, 3.05) is 11.4 Å². The molecule has 0 aliphatic rings. The molecule has 3 heteroatoms. The van der Waals surface area contributed by atoms with Crippen molar-refractivity contribution in [3.63, 3.8) is 0 Å². The highest BCUT2D eigenvalue weighted by atomic mass is 15.1. The molecule has 1 aromatic heterocycles. The predicted octanol–water partition coefficient (Wildman–Crippen LogP) is 3.59. The number of nitrogens with one attached hydrogen (secondary N) is 1. The summed E-state index contributed by atoms with van der Waals surface area (Å²) in [6.07, 6.45) is 3.08. The van der Waals surface area contributed by atoms with Crippen LogP contribution >= 0.6 is 0 Å². The van der Waals surface area contributed by atoms with E-state index >= 15 is 0 Å². The molecular weight excluding hydrogens is 234 g/mol. The molecule has 0 fully saturated rings. The van der Waals surface area contributed by atoms with Gasteiger partial charge >= 0.3 is 0 Å². The lowest BCUT2D eigenvalue weighted by atomic mass is 10.1. The average molecular weight is 263 g/mol. The van der Waals surface area contributed by atoms with Gasteiger partial charge < -0.3 is 10.2 Å². The maximum atomic E-state index is 4.46. The number of anilines is 1. The lowest BCUT2D eigenvalue weighted by molar-refractivity contribution is 0.421. The highest BCUT2D eigenvalue weighted by molar-refractivity contribution is 5.47. The first-order chi connectivity index (χ1) is 8.83. The van der Waals surface area contributed by atoms with Crippen LogP contribution in [0.15, 0.2) is 18.3 Å². The molecule has 1 heterocycles. The molecular formula is C16H29N3. The number of rotatable bonds is 6. The zero-order chi connectivity index (χ0) is 14.5. The number of hydrogen-bond acceptors (Lipinski definition) is 3. The molecule has 0 radical (unpaired) electrons. The standard InChI is InChI=1S/C16H29N3/c1-7-10-19(13(2)3)15-8-9-17-14(11-15)12-18-16(4,5)6/h8-9,11,13,18H,7,10,12H2,1-6H3. The third-order valence-corrected chi connectivity index (χ3v) is 3.02. The third-order valence-electron chi connectivity index (χ3n) is 3.02. The summed E-state index contributed by atoms with van der Waals surface area (Å²) < 4.78 is 0. The van der Waals surface area contributed by atoms with Crippen LogP contribution in [0.25, 0.3) is 0 Å². The maximum absolute atomic E-state index is 4.46. The highest BCUT2D eigenvalue weighted by Gasteiger charge is 2.12. The van der Waals surface area contributed by atoms with Gasteiger partial charge in [0.25, 0.3) is 0 Å². The number of nitrogens with zero attached hydrogens (tertiary/aromatic N) is 2. The third kappa shape index (κ3) is 5.60. The van der Waals surface area contributed by atoms with Crippen molar-refractivity contribution in [2.24, 2.45) is 0 Å². The summed E-state index contributed by atoms with van der Waals surface area (Å²) in [5.41, 5.74) is 2.51. The lowest BCUT2D eigenvalue weighted by Gasteiger charge is -2.29. The second-order valence-corrected chi connectivity index (χ2v) is 6.40. The Morgan fingerprint density at radius 2 is 2.00 bits per heavy atom. The summed E-state index contributed by atoms with van der Waals surface area (Å²) in [4.78, 5) is 6.89. The second kappa shape index (κ2) is 6.90. The van der Waals surface area contributed by atoms with E-state index in [4.69, 9.17) is 0 Å². The Labute approximate surface area is 118 Å². The van der Waals surface area contributed by atoms with Crippen LogP contribution in [0.4, 0.5) is 5.69 Å². The van der Waals surface area contributed by atoms with Gasteiger partial charge in [-0.3, -0.25) is 4.98 Å². The maximum Gasteiger partial charge on any atom is 0.0562 e. The van der Waals surface area contributed by atoms with Crippen LogP contribution in [0.2, 0.25) is 0 Å². The second-order valence-electron chi connectivity index (χ2n) is 6.40. The van der Waals surface area contributed by atoms with Gasteiger partial charge in [0.15, 0.2) is 0 Å². The fourth-order valence-corrected chi connectivity index (χ4v) is 2.02. The van der Waals surface area contributed by atoms with Crippen LogP contribution < -0.4 is 10.2 Å². The molecule has 1 N–H and O–H groups in total. The van der Waals surface area contributed by atoms with E-state index in [1.807, 2.05) is 6.20 Å². The molecule has 0 aliphatic carbocycles. The zero-order valence-electron chi connectivity index (χ0n) is 13.3. The molecule has 1 rings (SSSR count). The Morgan fingerprint density at radius 1 is 1.32 bits per heavy atom. The van der Waals surface area contributed by atoms with E-state index in [0.717, 1.165) is 25.2 Å². The molecule has 0 saturated heterocycles. The Hall–Kier alpha value is -1.09. The van der Waals surface area contributed by atoms with Crippen LogP contribution in [0.5, 0.6) is 0 Å². The van der Waals surface area contributed by atoms with E-state index in [-0.39, 0.29) is 5.54 Å². The molecule has 0 amide bonds. The monoisotopic (exact) mass is 263 g/mol. The minimum Gasteiger partial charge on any atom is -0.369 e. The van der Waals surface area contributed by atoms with E-state index in [2.05, 4.69) is 68.9 Å². The molecule has 0 aromatic carbocycles.